The number of hydrogen-bond donors (Lipinski definition) is 1. The van der Waals surface area contributed by atoms with Gasteiger partial charge < -0.3 is 14.8 Å². The summed E-state index contributed by atoms with van der Waals surface area (Å²) in [5.41, 5.74) is 1.32. The van der Waals surface area contributed by atoms with E-state index in [-0.39, 0.29) is 0 Å². The van der Waals surface area contributed by atoms with Crippen LogP contribution in [0.4, 0.5) is 0 Å². The lowest BCUT2D eigenvalue weighted by atomic mass is 10.1. The molecule has 1 saturated heterocycles. The van der Waals surface area contributed by atoms with Crippen LogP contribution in [-0.2, 0) is 13.1 Å². The Hall–Kier alpha value is -0.870. The Morgan fingerprint density at radius 1 is 1.47 bits per heavy atom. The van der Waals surface area contributed by atoms with E-state index in [4.69, 9.17) is 0 Å². The monoisotopic (exact) mass is 264 g/mol. The normalized spacial score (nSPS) is 20.5. The fourth-order valence-corrected chi connectivity index (χ4v) is 2.78. The summed E-state index contributed by atoms with van der Waals surface area (Å²) in [4.78, 5) is 6.85. The van der Waals surface area contributed by atoms with Crippen LogP contribution in [0.3, 0.4) is 0 Å². The first-order valence-corrected chi connectivity index (χ1v) is 7.61. The van der Waals surface area contributed by atoms with Gasteiger partial charge in [0.05, 0.1) is 12.0 Å². The van der Waals surface area contributed by atoms with Gasteiger partial charge in [-0.3, -0.25) is 0 Å². The molecule has 1 aliphatic heterocycles. The molecule has 0 spiro atoms. The van der Waals surface area contributed by atoms with Crippen molar-refractivity contribution < 1.29 is 0 Å². The van der Waals surface area contributed by atoms with Crippen molar-refractivity contribution in [2.24, 2.45) is 11.8 Å². The van der Waals surface area contributed by atoms with E-state index >= 15 is 0 Å². The second kappa shape index (κ2) is 7.06. The minimum atomic E-state index is 0.698. The highest BCUT2D eigenvalue weighted by molar-refractivity contribution is 4.98. The molecular weight excluding hydrogens is 236 g/mol. The molecule has 4 nitrogen and oxygen atoms in total. The molecule has 1 unspecified atom stereocenters. The van der Waals surface area contributed by atoms with Crippen molar-refractivity contribution in [2.75, 3.05) is 26.2 Å². The van der Waals surface area contributed by atoms with E-state index < -0.39 is 0 Å². The third-order valence-electron chi connectivity index (χ3n) is 3.93. The van der Waals surface area contributed by atoms with E-state index in [1.54, 1.807) is 0 Å². The second-order valence-corrected chi connectivity index (χ2v) is 6.11. The molecule has 1 aromatic heterocycles. The van der Waals surface area contributed by atoms with E-state index in [1.807, 2.05) is 12.5 Å². The maximum absolute atomic E-state index is 4.31. The smallest absolute Gasteiger partial charge is 0.0948 e. The largest absolute Gasteiger partial charge is 0.333 e. The van der Waals surface area contributed by atoms with Crippen LogP contribution in [0.5, 0.6) is 0 Å². The first kappa shape index (κ1) is 14.5. The van der Waals surface area contributed by atoms with Gasteiger partial charge in [0, 0.05) is 25.8 Å². The van der Waals surface area contributed by atoms with Crippen LogP contribution in [0.2, 0.25) is 0 Å². The molecule has 0 bridgehead atoms. The zero-order chi connectivity index (χ0) is 13.7. The average molecular weight is 264 g/mol. The topological polar surface area (TPSA) is 33.1 Å². The van der Waals surface area contributed by atoms with Gasteiger partial charge in [0.25, 0.3) is 0 Å². The lowest BCUT2D eigenvalue weighted by molar-refractivity contribution is 0.331. The number of imidazole rings is 1. The maximum atomic E-state index is 4.31. The molecule has 108 valence electrons. The lowest BCUT2D eigenvalue weighted by Gasteiger charge is -2.15. The minimum Gasteiger partial charge on any atom is -0.333 e. The highest BCUT2D eigenvalue weighted by Crippen LogP contribution is 2.18. The summed E-state index contributed by atoms with van der Waals surface area (Å²) < 4.78 is 2.33. The summed E-state index contributed by atoms with van der Waals surface area (Å²) in [5.74, 6) is 1.49. The van der Waals surface area contributed by atoms with Crippen molar-refractivity contribution in [3.63, 3.8) is 0 Å². The molecule has 0 aromatic carbocycles. The van der Waals surface area contributed by atoms with Crippen molar-refractivity contribution in [3.8, 4) is 0 Å². The predicted molar refractivity (Wildman–Crippen MR) is 79.0 cm³/mol. The molecule has 4 heteroatoms. The summed E-state index contributed by atoms with van der Waals surface area (Å²) in [6.45, 7) is 13.5. The third-order valence-corrected chi connectivity index (χ3v) is 3.93. The lowest BCUT2D eigenvalue weighted by Crippen LogP contribution is -2.23. The maximum Gasteiger partial charge on any atom is 0.0948 e. The molecule has 1 fully saturated rings. The third kappa shape index (κ3) is 4.32. The Bertz CT molecular complexity index is 372. The van der Waals surface area contributed by atoms with Crippen LogP contribution in [0, 0.1) is 11.8 Å². The second-order valence-electron chi connectivity index (χ2n) is 6.11. The Labute approximate surface area is 117 Å². The van der Waals surface area contributed by atoms with E-state index in [9.17, 15) is 0 Å². The first-order chi connectivity index (χ1) is 9.19. The molecule has 2 heterocycles. The zero-order valence-electron chi connectivity index (χ0n) is 12.6. The summed E-state index contributed by atoms with van der Waals surface area (Å²) in [6.07, 6.45) is 5.31. The van der Waals surface area contributed by atoms with Gasteiger partial charge in [-0.2, -0.15) is 0 Å². The number of rotatable bonds is 7. The molecule has 1 atom stereocenters. The molecule has 0 amide bonds. The summed E-state index contributed by atoms with van der Waals surface area (Å²) in [6, 6.07) is 0. The molecule has 1 N–H and O–H groups in total. The highest BCUT2D eigenvalue weighted by Gasteiger charge is 2.21. The Kier molecular flexibility index (Phi) is 5.40. The predicted octanol–water partition coefficient (Wildman–Crippen LogP) is 1.97. The van der Waals surface area contributed by atoms with Gasteiger partial charge in [0.15, 0.2) is 0 Å². The van der Waals surface area contributed by atoms with E-state index in [0.717, 1.165) is 25.6 Å². The van der Waals surface area contributed by atoms with Crippen LogP contribution in [0.15, 0.2) is 12.5 Å². The van der Waals surface area contributed by atoms with Gasteiger partial charge >= 0.3 is 0 Å². The molecule has 1 aromatic rings. The number of hydrogen-bond acceptors (Lipinski definition) is 3. The van der Waals surface area contributed by atoms with Crippen molar-refractivity contribution in [1.29, 1.82) is 0 Å². The quantitative estimate of drug-likeness (QED) is 0.817. The van der Waals surface area contributed by atoms with E-state index in [1.165, 1.54) is 31.7 Å². The van der Waals surface area contributed by atoms with Crippen molar-refractivity contribution >= 4 is 0 Å². The molecule has 1 aliphatic rings. The number of aromatic nitrogens is 2. The highest BCUT2D eigenvalue weighted by atomic mass is 15.2. The number of nitrogens with zero attached hydrogens (tertiary/aromatic N) is 3. The van der Waals surface area contributed by atoms with Gasteiger partial charge in [-0.1, -0.05) is 20.8 Å². The number of likely N-dealkylation sites (tertiary alicyclic amines) is 1. The fourth-order valence-electron chi connectivity index (χ4n) is 2.78. The Morgan fingerprint density at radius 2 is 2.32 bits per heavy atom. The van der Waals surface area contributed by atoms with Gasteiger partial charge in [0.1, 0.15) is 0 Å². The fraction of sp³-hybridized carbons (Fsp3) is 0.800. The summed E-state index contributed by atoms with van der Waals surface area (Å²) in [7, 11) is 0. The van der Waals surface area contributed by atoms with Crippen molar-refractivity contribution in [3.05, 3.63) is 18.2 Å². The number of nitrogens with one attached hydrogen (secondary N) is 1. The molecule has 0 radical (unpaired) electrons. The molecular formula is C15H28N4. The van der Waals surface area contributed by atoms with Crippen LogP contribution in [-0.4, -0.2) is 40.6 Å². The molecule has 2 rings (SSSR count). The summed E-state index contributed by atoms with van der Waals surface area (Å²) >= 11 is 0. The van der Waals surface area contributed by atoms with Crippen LogP contribution >= 0.6 is 0 Å². The zero-order valence-corrected chi connectivity index (χ0v) is 12.6. The Morgan fingerprint density at radius 3 is 3.00 bits per heavy atom. The first-order valence-electron chi connectivity index (χ1n) is 7.61. The van der Waals surface area contributed by atoms with Gasteiger partial charge in [-0.15, -0.1) is 0 Å². The Balaban J connectivity index is 1.82. The summed E-state index contributed by atoms with van der Waals surface area (Å²) in [5, 5.41) is 3.50. The molecule has 0 saturated carbocycles. The standard InChI is InChI=1S/C15H28N4/c1-4-18-6-5-14(10-18)11-19-12-17-9-15(19)8-16-7-13(2)3/h9,12-14,16H,4-8,10-11H2,1-3H3. The molecule has 0 aliphatic carbocycles. The average Bonchev–Trinajstić information content (AvgIpc) is 2.99. The van der Waals surface area contributed by atoms with Crippen LogP contribution in [0.1, 0.15) is 32.9 Å². The van der Waals surface area contributed by atoms with Crippen LogP contribution < -0.4 is 5.32 Å². The van der Waals surface area contributed by atoms with Gasteiger partial charge in [-0.05, 0) is 37.9 Å². The van der Waals surface area contributed by atoms with Gasteiger partial charge in [0.2, 0.25) is 0 Å². The molecule has 19 heavy (non-hydrogen) atoms. The van der Waals surface area contributed by atoms with E-state index in [0.29, 0.717) is 5.92 Å². The van der Waals surface area contributed by atoms with Crippen molar-refractivity contribution in [2.45, 2.75) is 40.3 Å². The minimum absolute atomic E-state index is 0.698. The van der Waals surface area contributed by atoms with Crippen LogP contribution in [0.25, 0.3) is 0 Å². The van der Waals surface area contributed by atoms with Crippen molar-refractivity contribution in [1.82, 2.24) is 19.8 Å². The van der Waals surface area contributed by atoms with Gasteiger partial charge in [-0.25, -0.2) is 4.98 Å². The van der Waals surface area contributed by atoms with E-state index in [2.05, 4.69) is 40.5 Å². The SMILES string of the molecule is CCN1CCC(Cn2cncc2CNCC(C)C)C1.